The number of piperazine rings is 1. The van der Waals surface area contributed by atoms with Crippen molar-refractivity contribution >= 4 is 29.1 Å². The van der Waals surface area contributed by atoms with E-state index in [9.17, 15) is 22.8 Å². The van der Waals surface area contributed by atoms with Gasteiger partial charge in [-0.15, -0.1) is 0 Å². The predicted octanol–water partition coefficient (Wildman–Crippen LogP) is 2.24. The van der Waals surface area contributed by atoms with Crippen LogP contribution in [0.25, 0.3) is 5.65 Å². The second-order valence-electron chi connectivity index (χ2n) is 6.10. The summed E-state index contributed by atoms with van der Waals surface area (Å²) < 4.78 is 39.8. The first-order chi connectivity index (χ1) is 12.1. The first-order valence-corrected chi connectivity index (χ1v) is 8.30. The Morgan fingerprint density at radius 1 is 1.15 bits per heavy atom. The van der Waals surface area contributed by atoms with Crippen molar-refractivity contribution in [2.24, 2.45) is 0 Å². The number of nitrogens with zero attached hydrogens (tertiary/aromatic N) is 4. The van der Waals surface area contributed by atoms with Crippen LogP contribution in [0.15, 0.2) is 18.5 Å². The summed E-state index contributed by atoms with van der Waals surface area (Å²) >= 11 is 5.90. The standard InChI is InChI=1S/C16H16ClF3N4O2/c1-10(25)22-2-4-23(5-3-22)14(26)7-12-9-24-8-11(16(18,19)20)6-13(17)15(24)21-12/h6,8-9H,2-5,7H2,1H3. The lowest BCUT2D eigenvalue weighted by Gasteiger charge is -2.34. The highest BCUT2D eigenvalue weighted by Crippen LogP contribution is 2.32. The lowest BCUT2D eigenvalue weighted by Crippen LogP contribution is -2.50. The molecule has 0 aliphatic carbocycles. The smallest absolute Gasteiger partial charge is 0.339 e. The van der Waals surface area contributed by atoms with Gasteiger partial charge >= 0.3 is 6.18 Å². The highest BCUT2D eigenvalue weighted by molar-refractivity contribution is 6.33. The van der Waals surface area contributed by atoms with E-state index in [1.54, 1.807) is 9.80 Å². The fourth-order valence-electron chi connectivity index (χ4n) is 2.89. The van der Waals surface area contributed by atoms with E-state index in [1.165, 1.54) is 17.5 Å². The van der Waals surface area contributed by atoms with Crippen LogP contribution < -0.4 is 0 Å². The number of amides is 2. The van der Waals surface area contributed by atoms with E-state index >= 15 is 0 Å². The van der Waals surface area contributed by atoms with E-state index < -0.39 is 11.7 Å². The van der Waals surface area contributed by atoms with Gasteiger partial charge in [-0.25, -0.2) is 4.98 Å². The lowest BCUT2D eigenvalue weighted by molar-refractivity contribution is -0.138. The maximum Gasteiger partial charge on any atom is 0.417 e. The maximum absolute atomic E-state index is 12.9. The molecule has 2 amide bonds. The molecule has 140 valence electrons. The zero-order valence-corrected chi connectivity index (χ0v) is 14.6. The Morgan fingerprint density at radius 3 is 2.35 bits per heavy atom. The van der Waals surface area contributed by atoms with Crippen molar-refractivity contribution in [2.45, 2.75) is 19.5 Å². The minimum atomic E-state index is -4.52. The fourth-order valence-corrected chi connectivity index (χ4v) is 3.14. The topological polar surface area (TPSA) is 57.9 Å². The van der Waals surface area contributed by atoms with Crippen LogP contribution in [0.3, 0.4) is 0 Å². The summed E-state index contributed by atoms with van der Waals surface area (Å²) in [5.74, 6) is -0.226. The molecule has 0 radical (unpaired) electrons. The number of carbonyl (C=O) groups is 2. The second-order valence-corrected chi connectivity index (χ2v) is 6.51. The Kier molecular flexibility index (Phi) is 4.83. The van der Waals surface area contributed by atoms with E-state index in [-0.39, 0.29) is 28.9 Å². The molecule has 1 aliphatic heterocycles. The van der Waals surface area contributed by atoms with Gasteiger partial charge in [0, 0.05) is 45.5 Å². The van der Waals surface area contributed by atoms with Crippen molar-refractivity contribution in [2.75, 3.05) is 26.2 Å². The van der Waals surface area contributed by atoms with Crippen molar-refractivity contribution in [3.05, 3.63) is 34.7 Å². The van der Waals surface area contributed by atoms with Crippen LogP contribution >= 0.6 is 11.6 Å². The summed E-state index contributed by atoms with van der Waals surface area (Å²) in [6, 6.07) is 0.816. The maximum atomic E-state index is 12.9. The van der Waals surface area contributed by atoms with Crippen molar-refractivity contribution in [1.29, 1.82) is 0 Å². The molecular formula is C16H16ClF3N4O2. The molecule has 3 heterocycles. The highest BCUT2D eigenvalue weighted by Gasteiger charge is 2.32. The Balaban J connectivity index is 1.74. The van der Waals surface area contributed by atoms with Gasteiger partial charge in [-0.05, 0) is 6.07 Å². The van der Waals surface area contributed by atoms with Crippen molar-refractivity contribution in [1.82, 2.24) is 19.2 Å². The number of fused-ring (bicyclic) bond motifs is 1. The second kappa shape index (κ2) is 6.79. The molecule has 0 N–H and O–H groups in total. The summed E-state index contributed by atoms with van der Waals surface area (Å²) in [7, 11) is 0. The van der Waals surface area contributed by atoms with Gasteiger partial charge < -0.3 is 14.2 Å². The number of pyridine rings is 1. The number of hydrogen-bond acceptors (Lipinski definition) is 3. The molecule has 1 saturated heterocycles. The van der Waals surface area contributed by atoms with Crippen molar-refractivity contribution in [3.63, 3.8) is 0 Å². The molecule has 1 fully saturated rings. The normalized spacial score (nSPS) is 15.6. The van der Waals surface area contributed by atoms with Crippen LogP contribution in [0.5, 0.6) is 0 Å². The van der Waals surface area contributed by atoms with Gasteiger partial charge in [-0.1, -0.05) is 11.6 Å². The molecule has 0 atom stereocenters. The first-order valence-electron chi connectivity index (χ1n) is 7.93. The molecule has 26 heavy (non-hydrogen) atoms. The Hall–Kier alpha value is -2.29. The molecule has 0 bridgehead atoms. The molecule has 0 unspecified atom stereocenters. The number of halogens is 4. The van der Waals surface area contributed by atoms with Crippen LogP contribution in [0, 0.1) is 0 Å². The third kappa shape index (κ3) is 3.77. The fraction of sp³-hybridized carbons (Fsp3) is 0.438. The third-order valence-corrected chi connectivity index (χ3v) is 4.57. The molecule has 2 aromatic rings. The summed E-state index contributed by atoms with van der Waals surface area (Å²) in [6.07, 6.45) is -2.29. The van der Waals surface area contributed by atoms with E-state index in [2.05, 4.69) is 4.98 Å². The average Bonchev–Trinajstić information content (AvgIpc) is 2.97. The van der Waals surface area contributed by atoms with Gasteiger partial charge in [-0.2, -0.15) is 13.2 Å². The largest absolute Gasteiger partial charge is 0.417 e. The van der Waals surface area contributed by atoms with Gasteiger partial charge in [0.15, 0.2) is 5.65 Å². The molecule has 2 aromatic heterocycles. The molecule has 10 heteroatoms. The third-order valence-electron chi connectivity index (χ3n) is 4.29. The van der Waals surface area contributed by atoms with Crippen LogP contribution in [0.1, 0.15) is 18.2 Å². The zero-order chi connectivity index (χ0) is 19.1. The van der Waals surface area contributed by atoms with Gasteiger partial charge in [0.25, 0.3) is 0 Å². The molecule has 3 rings (SSSR count). The first kappa shape index (κ1) is 18.5. The van der Waals surface area contributed by atoms with Gasteiger partial charge in [0.1, 0.15) is 0 Å². The SMILES string of the molecule is CC(=O)N1CCN(C(=O)Cc2cn3cc(C(F)(F)F)cc(Cl)c3n2)CC1. The summed E-state index contributed by atoms with van der Waals surface area (Å²) in [5, 5.41) is -0.131. The Bertz CT molecular complexity index is 857. The Labute approximate surface area is 152 Å². The van der Waals surface area contributed by atoms with E-state index in [0.29, 0.717) is 31.9 Å². The highest BCUT2D eigenvalue weighted by atomic mass is 35.5. The summed E-state index contributed by atoms with van der Waals surface area (Å²) in [4.78, 5) is 31.1. The van der Waals surface area contributed by atoms with E-state index in [1.807, 2.05) is 0 Å². The monoisotopic (exact) mass is 388 g/mol. The van der Waals surface area contributed by atoms with Crippen molar-refractivity contribution in [3.8, 4) is 0 Å². The minimum absolute atomic E-state index is 0.0347. The lowest BCUT2D eigenvalue weighted by atomic mass is 10.2. The van der Waals surface area contributed by atoms with Crippen LogP contribution in [-0.2, 0) is 22.2 Å². The predicted molar refractivity (Wildman–Crippen MR) is 87.7 cm³/mol. The van der Waals surface area contributed by atoms with E-state index in [0.717, 1.165) is 12.3 Å². The quantitative estimate of drug-likeness (QED) is 0.792. The molecule has 6 nitrogen and oxygen atoms in total. The van der Waals surface area contributed by atoms with Crippen LogP contribution in [0.2, 0.25) is 5.02 Å². The average molecular weight is 389 g/mol. The summed E-state index contributed by atoms with van der Waals surface area (Å²) in [5.41, 5.74) is -0.375. The molecule has 0 aromatic carbocycles. The minimum Gasteiger partial charge on any atom is -0.339 e. The van der Waals surface area contributed by atoms with Crippen LogP contribution in [0.4, 0.5) is 13.2 Å². The van der Waals surface area contributed by atoms with Gasteiger partial charge in [0.2, 0.25) is 11.8 Å². The number of imidazole rings is 1. The number of aromatic nitrogens is 2. The molecule has 0 spiro atoms. The van der Waals surface area contributed by atoms with Gasteiger partial charge in [0.05, 0.1) is 22.7 Å². The van der Waals surface area contributed by atoms with Gasteiger partial charge in [-0.3, -0.25) is 9.59 Å². The molecular weight excluding hydrogens is 373 g/mol. The van der Waals surface area contributed by atoms with Crippen LogP contribution in [-0.4, -0.2) is 57.2 Å². The number of alkyl halides is 3. The number of carbonyl (C=O) groups excluding carboxylic acids is 2. The van der Waals surface area contributed by atoms with E-state index in [4.69, 9.17) is 11.6 Å². The summed E-state index contributed by atoms with van der Waals surface area (Å²) in [6.45, 7) is 3.25. The zero-order valence-electron chi connectivity index (χ0n) is 13.9. The number of hydrogen-bond donors (Lipinski definition) is 0. The van der Waals surface area contributed by atoms with Crippen molar-refractivity contribution < 1.29 is 22.8 Å². The molecule has 1 aliphatic rings. The molecule has 0 saturated carbocycles. The Morgan fingerprint density at radius 2 is 1.77 bits per heavy atom. The number of rotatable bonds is 2.